The van der Waals surface area contributed by atoms with Gasteiger partial charge in [-0.1, -0.05) is 0 Å². The quantitative estimate of drug-likeness (QED) is 0.620. The predicted molar refractivity (Wildman–Crippen MR) is 48.0 cm³/mol. The number of hydrogen-bond acceptors (Lipinski definition) is 4. The van der Waals surface area contributed by atoms with Crippen molar-refractivity contribution in [1.82, 2.24) is 4.98 Å². The SMILES string of the molecule is CSc1cc(C#N)c(=O)[nH]c1N. The summed E-state index contributed by atoms with van der Waals surface area (Å²) in [6.07, 6.45) is 1.82. The van der Waals surface area contributed by atoms with Crippen molar-refractivity contribution in [2.45, 2.75) is 4.90 Å². The summed E-state index contributed by atoms with van der Waals surface area (Å²) in [7, 11) is 0. The first-order valence-corrected chi connectivity index (χ1v) is 4.38. The van der Waals surface area contributed by atoms with E-state index in [2.05, 4.69) is 4.98 Å². The number of nitrogens with two attached hydrogens (primary N) is 1. The van der Waals surface area contributed by atoms with Crippen molar-refractivity contribution >= 4 is 17.6 Å². The van der Waals surface area contributed by atoms with Crippen LogP contribution in [-0.2, 0) is 0 Å². The van der Waals surface area contributed by atoms with Crippen LogP contribution >= 0.6 is 11.8 Å². The number of pyridine rings is 1. The van der Waals surface area contributed by atoms with Crippen molar-refractivity contribution in [3.63, 3.8) is 0 Å². The first-order valence-electron chi connectivity index (χ1n) is 3.16. The molecule has 0 atom stereocenters. The molecule has 0 aromatic carbocycles. The topological polar surface area (TPSA) is 82.7 Å². The lowest BCUT2D eigenvalue weighted by Crippen LogP contribution is -2.12. The third-order valence-corrected chi connectivity index (χ3v) is 2.15. The number of nitriles is 1. The first kappa shape index (κ1) is 8.68. The molecular weight excluding hydrogens is 174 g/mol. The maximum atomic E-state index is 11.0. The number of nitrogen functional groups attached to an aromatic ring is 1. The molecule has 0 aliphatic carbocycles. The van der Waals surface area contributed by atoms with Crippen LogP contribution in [0.15, 0.2) is 15.8 Å². The Kier molecular flexibility index (Phi) is 2.41. The van der Waals surface area contributed by atoms with Crippen LogP contribution in [0.5, 0.6) is 0 Å². The van der Waals surface area contributed by atoms with Gasteiger partial charge in [0.05, 0.1) is 0 Å². The molecule has 0 saturated heterocycles. The van der Waals surface area contributed by atoms with Gasteiger partial charge in [0.15, 0.2) is 0 Å². The van der Waals surface area contributed by atoms with Gasteiger partial charge in [-0.3, -0.25) is 4.79 Å². The summed E-state index contributed by atoms with van der Waals surface area (Å²) in [5.74, 6) is 0.312. The van der Waals surface area contributed by atoms with Gasteiger partial charge in [-0.05, 0) is 12.3 Å². The Morgan fingerprint density at radius 1 is 1.75 bits per heavy atom. The minimum Gasteiger partial charge on any atom is -0.384 e. The van der Waals surface area contributed by atoms with Gasteiger partial charge in [0.1, 0.15) is 17.5 Å². The highest BCUT2D eigenvalue weighted by Crippen LogP contribution is 2.19. The molecule has 1 aromatic heterocycles. The van der Waals surface area contributed by atoms with E-state index in [0.717, 1.165) is 0 Å². The molecule has 1 rings (SSSR count). The zero-order chi connectivity index (χ0) is 9.14. The van der Waals surface area contributed by atoms with Crippen molar-refractivity contribution in [3.8, 4) is 6.07 Å². The van der Waals surface area contributed by atoms with E-state index < -0.39 is 5.56 Å². The average Bonchev–Trinajstić information content (AvgIpc) is 2.05. The summed E-state index contributed by atoms with van der Waals surface area (Å²) in [6.45, 7) is 0. The Hall–Kier alpha value is -1.41. The van der Waals surface area contributed by atoms with Crippen molar-refractivity contribution in [3.05, 3.63) is 22.0 Å². The van der Waals surface area contributed by atoms with Gasteiger partial charge in [0, 0.05) is 4.90 Å². The predicted octanol–water partition coefficient (Wildman–Crippen LogP) is 0.551. The fourth-order valence-corrected chi connectivity index (χ4v) is 1.28. The second-order valence-corrected chi connectivity index (χ2v) is 2.95. The number of aromatic amines is 1. The van der Waals surface area contributed by atoms with Crippen LogP contribution in [0, 0.1) is 11.3 Å². The van der Waals surface area contributed by atoms with Crippen molar-refractivity contribution in [2.24, 2.45) is 0 Å². The third kappa shape index (κ3) is 1.43. The zero-order valence-electron chi connectivity index (χ0n) is 6.42. The number of thioether (sulfide) groups is 1. The van der Waals surface area contributed by atoms with Crippen molar-refractivity contribution in [2.75, 3.05) is 12.0 Å². The van der Waals surface area contributed by atoms with Gasteiger partial charge >= 0.3 is 0 Å². The zero-order valence-corrected chi connectivity index (χ0v) is 7.23. The first-order chi connectivity index (χ1) is 5.69. The molecule has 4 nitrogen and oxygen atoms in total. The van der Waals surface area contributed by atoms with Crippen LogP contribution in [0.25, 0.3) is 0 Å². The summed E-state index contributed by atoms with van der Waals surface area (Å²) >= 11 is 1.39. The number of H-pyrrole nitrogens is 1. The standard InChI is InChI=1S/C7H7N3OS/c1-12-5-2-4(3-8)7(11)10-6(5)9/h2H,1H3,(H3,9,10,11). The van der Waals surface area contributed by atoms with Gasteiger partial charge in [0.25, 0.3) is 5.56 Å². The van der Waals surface area contributed by atoms with Gasteiger partial charge < -0.3 is 10.7 Å². The van der Waals surface area contributed by atoms with Crippen molar-refractivity contribution < 1.29 is 0 Å². The molecule has 0 unspecified atom stereocenters. The summed E-state index contributed by atoms with van der Waals surface area (Å²) in [5, 5.41) is 8.51. The monoisotopic (exact) mass is 181 g/mol. The summed E-state index contributed by atoms with van der Waals surface area (Å²) in [5.41, 5.74) is 5.12. The third-order valence-electron chi connectivity index (χ3n) is 1.37. The highest BCUT2D eigenvalue weighted by Gasteiger charge is 2.03. The Morgan fingerprint density at radius 3 is 2.92 bits per heavy atom. The van der Waals surface area contributed by atoms with Gasteiger partial charge in [0.2, 0.25) is 0 Å². The Labute approximate surface area is 73.4 Å². The van der Waals surface area contributed by atoms with E-state index in [4.69, 9.17) is 11.0 Å². The highest BCUT2D eigenvalue weighted by molar-refractivity contribution is 7.98. The van der Waals surface area contributed by atoms with Crippen LogP contribution in [0.3, 0.4) is 0 Å². The number of aromatic nitrogens is 1. The fraction of sp³-hybridized carbons (Fsp3) is 0.143. The molecule has 0 spiro atoms. The molecule has 0 radical (unpaired) electrons. The molecular formula is C7H7N3OS. The van der Waals surface area contributed by atoms with Crippen LogP contribution in [0.2, 0.25) is 0 Å². The summed E-state index contributed by atoms with van der Waals surface area (Å²) < 4.78 is 0. The van der Waals surface area contributed by atoms with E-state index in [1.807, 2.05) is 6.26 Å². The molecule has 5 heteroatoms. The lowest BCUT2D eigenvalue weighted by Gasteiger charge is -2.00. The molecule has 0 saturated carbocycles. The Balaban J connectivity index is 3.40. The smallest absolute Gasteiger partial charge is 0.267 e. The number of anilines is 1. The molecule has 3 N–H and O–H groups in total. The molecule has 1 aromatic rings. The van der Waals surface area contributed by atoms with Crippen LogP contribution in [0.1, 0.15) is 5.56 Å². The van der Waals surface area contributed by atoms with E-state index >= 15 is 0 Å². The maximum Gasteiger partial charge on any atom is 0.267 e. The second-order valence-electron chi connectivity index (χ2n) is 2.11. The largest absolute Gasteiger partial charge is 0.384 e. The minimum atomic E-state index is -0.437. The van der Waals surface area contributed by atoms with Crippen molar-refractivity contribution in [1.29, 1.82) is 5.26 Å². The van der Waals surface area contributed by atoms with E-state index in [0.29, 0.717) is 10.7 Å². The maximum absolute atomic E-state index is 11.0. The lowest BCUT2D eigenvalue weighted by atomic mass is 10.3. The number of nitrogens with zero attached hydrogens (tertiary/aromatic N) is 1. The highest BCUT2D eigenvalue weighted by atomic mass is 32.2. The molecule has 62 valence electrons. The average molecular weight is 181 g/mol. The number of hydrogen-bond donors (Lipinski definition) is 2. The van der Waals surface area contributed by atoms with E-state index in [1.165, 1.54) is 17.8 Å². The molecule has 0 aliphatic heterocycles. The van der Waals surface area contributed by atoms with Crippen LogP contribution in [-0.4, -0.2) is 11.2 Å². The Bertz CT molecular complexity index is 391. The summed E-state index contributed by atoms with van der Waals surface area (Å²) in [4.78, 5) is 14.1. The lowest BCUT2D eigenvalue weighted by molar-refractivity contribution is 1.17. The molecule has 12 heavy (non-hydrogen) atoms. The van der Waals surface area contributed by atoms with E-state index in [1.54, 1.807) is 6.07 Å². The van der Waals surface area contributed by atoms with Gasteiger partial charge in [-0.2, -0.15) is 5.26 Å². The van der Waals surface area contributed by atoms with Gasteiger partial charge in [-0.25, -0.2) is 0 Å². The summed E-state index contributed by atoms with van der Waals surface area (Å²) in [6, 6.07) is 3.27. The molecule has 0 fully saturated rings. The molecule has 0 bridgehead atoms. The molecule has 0 amide bonds. The molecule has 0 aliphatic rings. The number of nitrogens with one attached hydrogen (secondary N) is 1. The van der Waals surface area contributed by atoms with Crippen LogP contribution < -0.4 is 11.3 Å². The minimum absolute atomic E-state index is 0.0913. The van der Waals surface area contributed by atoms with E-state index in [9.17, 15) is 4.79 Å². The number of rotatable bonds is 1. The van der Waals surface area contributed by atoms with Gasteiger partial charge in [-0.15, -0.1) is 11.8 Å². The molecule has 1 heterocycles. The second kappa shape index (κ2) is 3.32. The Morgan fingerprint density at radius 2 is 2.42 bits per heavy atom. The fourth-order valence-electron chi connectivity index (χ4n) is 0.778. The normalized spacial score (nSPS) is 9.33. The van der Waals surface area contributed by atoms with Crippen LogP contribution in [0.4, 0.5) is 5.82 Å². The van der Waals surface area contributed by atoms with E-state index in [-0.39, 0.29) is 5.56 Å².